The fourth-order valence-corrected chi connectivity index (χ4v) is 3.66. The first-order valence-electron chi connectivity index (χ1n) is 7.07. The maximum atomic E-state index is 12.4. The highest BCUT2D eigenvalue weighted by atomic mass is 35.5. The Morgan fingerprint density at radius 1 is 1.23 bits per heavy atom. The van der Waals surface area contributed by atoms with Crippen LogP contribution in [0.4, 0.5) is 0 Å². The molecule has 1 aliphatic heterocycles. The molecule has 0 saturated carbocycles. The number of thiophene rings is 1. The summed E-state index contributed by atoms with van der Waals surface area (Å²) in [5.74, 6) is -0.194. The molecule has 5 nitrogen and oxygen atoms in total. The van der Waals surface area contributed by atoms with E-state index < -0.39 is 0 Å². The van der Waals surface area contributed by atoms with Gasteiger partial charge in [-0.25, -0.2) is 0 Å². The van der Waals surface area contributed by atoms with E-state index in [0.29, 0.717) is 13.1 Å². The van der Waals surface area contributed by atoms with Crippen LogP contribution >= 0.6 is 22.9 Å². The first-order valence-corrected chi connectivity index (χ1v) is 8.26. The minimum absolute atomic E-state index is 0.194. The van der Waals surface area contributed by atoms with Gasteiger partial charge in [0.15, 0.2) is 0 Å². The molecule has 3 heterocycles. The lowest BCUT2D eigenvalue weighted by Crippen LogP contribution is -2.49. The van der Waals surface area contributed by atoms with Crippen LogP contribution in [0.25, 0.3) is 0 Å². The predicted molar refractivity (Wildman–Crippen MR) is 87.6 cm³/mol. The molecule has 1 saturated heterocycles. The molecule has 0 unspecified atom stereocenters. The van der Waals surface area contributed by atoms with E-state index in [1.165, 1.54) is 11.1 Å². The summed E-state index contributed by atoms with van der Waals surface area (Å²) < 4.78 is 0.798. The highest BCUT2D eigenvalue weighted by Gasteiger charge is 2.23. The lowest BCUT2D eigenvalue weighted by atomic mass is 10.2. The molecule has 1 fully saturated rings. The second-order valence-electron chi connectivity index (χ2n) is 5.19. The Morgan fingerprint density at radius 2 is 2.00 bits per heavy atom. The Labute approximate surface area is 137 Å². The average molecular weight is 338 g/mol. The molecule has 2 aromatic rings. The molecule has 1 aliphatic rings. The number of rotatable bonds is 3. The molecular formula is C15H16ClN3O2S. The number of nitrogens with zero attached hydrogens (tertiary/aromatic N) is 2. The van der Waals surface area contributed by atoms with Crippen molar-refractivity contribution in [2.75, 3.05) is 26.2 Å². The zero-order valence-corrected chi connectivity index (χ0v) is 13.5. The van der Waals surface area contributed by atoms with Crippen LogP contribution < -0.4 is 5.56 Å². The van der Waals surface area contributed by atoms with E-state index in [2.05, 4.69) is 9.88 Å². The molecule has 2 aromatic heterocycles. The number of hydrogen-bond acceptors (Lipinski definition) is 4. The first-order chi connectivity index (χ1) is 10.6. The number of nitrogens with one attached hydrogen (secondary N) is 1. The first kappa shape index (κ1) is 15.3. The third-order valence-electron chi connectivity index (χ3n) is 3.72. The van der Waals surface area contributed by atoms with Crippen molar-refractivity contribution in [2.24, 2.45) is 0 Å². The molecule has 1 amide bonds. The Kier molecular flexibility index (Phi) is 4.61. The molecule has 0 aromatic carbocycles. The van der Waals surface area contributed by atoms with Crippen LogP contribution in [0.15, 0.2) is 35.3 Å². The number of amides is 1. The van der Waals surface area contributed by atoms with Gasteiger partial charge in [-0.3, -0.25) is 14.5 Å². The molecule has 1 N–H and O–H groups in total. The van der Waals surface area contributed by atoms with Gasteiger partial charge in [0.1, 0.15) is 5.56 Å². The summed E-state index contributed by atoms with van der Waals surface area (Å²) in [6.45, 7) is 3.71. The summed E-state index contributed by atoms with van der Waals surface area (Å²) in [7, 11) is 0. The normalized spacial score (nSPS) is 16.0. The van der Waals surface area contributed by atoms with Gasteiger partial charge < -0.3 is 9.88 Å². The van der Waals surface area contributed by atoms with E-state index in [0.717, 1.165) is 24.0 Å². The van der Waals surface area contributed by atoms with Crippen LogP contribution in [0, 0.1) is 0 Å². The fourth-order valence-electron chi connectivity index (χ4n) is 2.53. The number of hydrogen-bond donors (Lipinski definition) is 1. The van der Waals surface area contributed by atoms with Crippen molar-refractivity contribution in [3.05, 3.63) is 55.6 Å². The molecule has 0 aliphatic carbocycles. The van der Waals surface area contributed by atoms with Crippen LogP contribution in [0.1, 0.15) is 15.2 Å². The highest BCUT2D eigenvalue weighted by Crippen LogP contribution is 2.23. The second kappa shape index (κ2) is 6.64. The molecule has 7 heteroatoms. The Morgan fingerprint density at radius 3 is 2.64 bits per heavy atom. The van der Waals surface area contributed by atoms with Gasteiger partial charge in [0.05, 0.1) is 4.34 Å². The van der Waals surface area contributed by atoms with Gasteiger partial charge in [-0.1, -0.05) is 11.6 Å². The number of aromatic nitrogens is 1. The third-order valence-corrected chi connectivity index (χ3v) is 4.93. The molecule has 0 spiro atoms. The number of carbonyl (C=O) groups is 1. The SMILES string of the molecule is O=C(c1ccc[nH]c1=O)N1CCN(Cc2ccc(Cl)s2)CC1. The average Bonchev–Trinajstić information content (AvgIpc) is 2.93. The summed E-state index contributed by atoms with van der Waals surface area (Å²) in [5, 5.41) is 0. The van der Waals surface area contributed by atoms with Gasteiger partial charge in [0, 0.05) is 43.8 Å². The zero-order valence-electron chi connectivity index (χ0n) is 11.9. The number of H-pyrrole nitrogens is 1. The van der Waals surface area contributed by atoms with Crippen molar-refractivity contribution >= 4 is 28.8 Å². The third kappa shape index (κ3) is 3.40. The summed E-state index contributed by atoms with van der Waals surface area (Å²) in [6, 6.07) is 7.18. The van der Waals surface area contributed by atoms with Crippen LogP contribution in [-0.2, 0) is 6.54 Å². The van der Waals surface area contributed by atoms with Gasteiger partial charge in [0.25, 0.3) is 11.5 Å². The Balaban J connectivity index is 1.58. The van der Waals surface area contributed by atoms with Gasteiger partial charge in [-0.2, -0.15) is 0 Å². The topological polar surface area (TPSA) is 56.4 Å². The van der Waals surface area contributed by atoms with Crippen molar-refractivity contribution < 1.29 is 4.79 Å². The van der Waals surface area contributed by atoms with E-state index in [9.17, 15) is 9.59 Å². The van der Waals surface area contributed by atoms with Crippen molar-refractivity contribution in [3.63, 3.8) is 0 Å². The number of halogens is 1. The maximum Gasteiger partial charge on any atom is 0.260 e. The quantitative estimate of drug-likeness (QED) is 0.932. The summed E-state index contributed by atoms with van der Waals surface area (Å²) in [6.07, 6.45) is 1.53. The van der Waals surface area contributed by atoms with Crippen LogP contribution in [-0.4, -0.2) is 46.9 Å². The molecule has 0 bridgehead atoms. The monoisotopic (exact) mass is 337 g/mol. The lowest BCUT2D eigenvalue weighted by Gasteiger charge is -2.34. The minimum atomic E-state index is -0.330. The van der Waals surface area contributed by atoms with Crippen LogP contribution in [0.5, 0.6) is 0 Å². The van der Waals surface area contributed by atoms with Gasteiger partial charge >= 0.3 is 0 Å². The maximum absolute atomic E-state index is 12.4. The van der Waals surface area contributed by atoms with Crippen molar-refractivity contribution in [1.29, 1.82) is 0 Å². The summed E-state index contributed by atoms with van der Waals surface area (Å²) >= 11 is 7.53. The second-order valence-corrected chi connectivity index (χ2v) is 6.99. The van der Waals surface area contributed by atoms with Gasteiger partial charge in [-0.15, -0.1) is 11.3 Å². The molecule has 116 valence electrons. The summed E-state index contributed by atoms with van der Waals surface area (Å²) in [4.78, 5) is 31.8. The Bertz CT molecular complexity index is 719. The molecule has 22 heavy (non-hydrogen) atoms. The number of pyridine rings is 1. The molecular weight excluding hydrogens is 322 g/mol. The van der Waals surface area contributed by atoms with Gasteiger partial charge in [0.2, 0.25) is 0 Å². The van der Waals surface area contributed by atoms with Crippen molar-refractivity contribution in [1.82, 2.24) is 14.8 Å². The molecule has 3 rings (SSSR count). The van der Waals surface area contributed by atoms with E-state index in [1.54, 1.807) is 28.4 Å². The van der Waals surface area contributed by atoms with E-state index in [-0.39, 0.29) is 17.0 Å². The van der Waals surface area contributed by atoms with E-state index >= 15 is 0 Å². The van der Waals surface area contributed by atoms with Crippen molar-refractivity contribution in [2.45, 2.75) is 6.54 Å². The minimum Gasteiger partial charge on any atom is -0.336 e. The largest absolute Gasteiger partial charge is 0.336 e. The highest BCUT2D eigenvalue weighted by molar-refractivity contribution is 7.16. The fraction of sp³-hybridized carbons (Fsp3) is 0.333. The van der Waals surface area contributed by atoms with Crippen molar-refractivity contribution in [3.8, 4) is 0 Å². The Hall–Kier alpha value is -1.63. The number of aromatic amines is 1. The molecule has 0 atom stereocenters. The zero-order chi connectivity index (χ0) is 15.5. The lowest BCUT2D eigenvalue weighted by molar-refractivity contribution is 0.0628. The van der Waals surface area contributed by atoms with E-state index in [4.69, 9.17) is 11.6 Å². The number of piperazine rings is 1. The smallest absolute Gasteiger partial charge is 0.260 e. The number of carbonyl (C=O) groups excluding carboxylic acids is 1. The van der Waals surface area contributed by atoms with Gasteiger partial charge in [-0.05, 0) is 24.3 Å². The summed E-state index contributed by atoms with van der Waals surface area (Å²) in [5.41, 5.74) is -0.121. The van der Waals surface area contributed by atoms with E-state index in [1.807, 2.05) is 12.1 Å². The molecule has 0 radical (unpaired) electrons. The van der Waals surface area contributed by atoms with Crippen LogP contribution in [0.3, 0.4) is 0 Å². The van der Waals surface area contributed by atoms with Crippen LogP contribution in [0.2, 0.25) is 4.34 Å². The predicted octanol–water partition coefficient (Wildman–Crippen LogP) is 2.05. The standard InChI is InChI=1S/C15H16ClN3O2S/c16-13-4-3-11(22-13)10-18-6-8-19(9-7-18)15(21)12-2-1-5-17-14(12)20/h1-5H,6-10H2,(H,17,20).